The Kier molecular flexibility index (Phi) is 8.55. The van der Waals surface area contributed by atoms with Gasteiger partial charge in [0.1, 0.15) is 12.4 Å². The zero-order chi connectivity index (χ0) is 27.6. The SMILES string of the molecule is COCCOC(=O)C1=C(C)N=c2sc(=Cc3cc(C(C)C)c(OC)cc3C)c(=O)n2C1c1ccc(Cl)cc1. The zero-order valence-electron chi connectivity index (χ0n) is 22.3. The molecule has 2 aromatic carbocycles. The maximum absolute atomic E-state index is 13.9. The standard InChI is InChI=1S/C29H31ClN2O5S/c1-16(2)22-14-20(17(3)13-23(22)36-6)15-24-27(33)32-26(19-7-9-21(30)10-8-19)25(18(4)31-29(32)38-24)28(34)37-12-11-35-5/h7-10,13-16,26H,11-12H2,1-6H3. The minimum absolute atomic E-state index is 0.0960. The molecule has 0 bridgehead atoms. The fraction of sp³-hybridized carbons (Fsp3) is 0.345. The zero-order valence-corrected chi connectivity index (χ0v) is 23.9. The highest BCUT2D eigenvalue weighted by molar-refractivity contribution is 7.07. The van der Waals surface area contributed by atoms with Crippen molar-refractivity contribution in [1.82, 2.24) is 4.57 Å². The first-order valence-corrected chi connectivity index (χ1v) is 13.5. The highest BCUT2D eigenvalue weighted by Gasteiger charge is 2.33. The molecule has 4 rings (SSSR count). The second-order valence-corrected chi connectivity index (χ2v) is 10.8. The van der Waals surface area contributed by atoms with E-state index in [9.17, 15) is 9.59 Å². The first-order valence-electron chi connectivity index (χ1n) is 12.3. The van der Waals surface area contributed by atoms with Gasteiger partial charge in [-0.1, -0.05) is 48.9 Å². The van der Waals surface area contributed by atoms with Crippen LogP contribution in [0.4, 0.5) is 0 Å². The summed E-state index contributed by atoms with van der Waals surface area (Å²) in [5.41, 5.74) is 4.30. The van der Waals surface area contributed by atoms with Crippen LogP contribution in [0.5, 0.6) is 5.75 Å². The molecule has 0 saturated carbocycles. The van der Waals surface area contributed by atoms with Crippen LogP contribution in [0.25, 0.3) is 6.08 Å². The summed E-state index contributed by atoms with van der Waals surface area (Å²) in [6.45, 7) is 8.32. The summed E-state index contributed by atoms with van der Waals surface area (Å²) in [7, 11) is 3.20. The van der Waals surface area contributed by atoms with Crippen LogP contribution in [0.1, 0.15) is 55.0 Å². The number of ether oxygens (including phenoxy) is 3. The van der Waals surface area contributed by atoms with Crippen molar-refractivity contribution >= 4 is 35.0 Å². The van der Waals surface area contributed by atoms with Gasteiger partial charge in [-0.05, 0) is 72.4 Å². The Labute approximate surface area is 230 Å². The topological polar surface area (TPSA) is 79.1 Å². The average molecular weight is 555 g/mol. The van der Waals surface area contributed by atoms with E-state index in [1.165, 1.54) is 18.4 Å². The highest BCUT2D eigenvalue weighted by Crippen LogP contribution is 2.32. The smallest absolute Gasteiger partial charge is 0.338 e. The van der Waals surface area contributed by atoms with Crippen LogP contribution in [0.15, 0.2) is 57.5 Å². The van der Waals surface area contributed by atoms with E-state index in [2.05, 4.69) is 24.9 Å². The van der Waals surface area contributed by atoms with Gasteiger partial charge in [0.15, 0.2) is 4.80 Å². The molecule has 1 aliphatic heterocycles. The van der Waals surface area contributed by atoms with Crippen LogP contribution in [-0.4, -0.2) is 38.0 Å². The number of nitrogens with zero attached hydrogens (tertiary/aromatic N) is 2. The highest BCUT2D eigenvalue weighted by atomic mass is 35.5. The molecular formula is C29H31ClN2O5S. The fourth-order valence-corrected chi connectivity index (χ4v) is 5.64. The molecule has 7 nitrogen and oxygen atoms in total. The third-order valence-electron chi connectivity index (χ3n) is 6.47. The number of hydrogen-bond acceptors (Lipinski definition) is 7. The molecule has 200 valence electrons. The number of thiazole rings is 1. The molecule has 3 aromatic rings. The van der Waals surface area contributed by atoms with Gasteiger partial charge >= 0.3 is 5.97 Å². The molecule has 38 heavy (non-hydrogen) atoms. The third-order valence-corrected chi connectivity index (χ3v) is 7.71. The molecule has 1 aliphatic rings. The van der Waals surface area contributed by atoms with E-state index in [4.69, 9.17) is 25.8 Å². The van der Waals surface area contributed by atoms with E-state index in [0.29, 0.717) is 25.6 Å². The van der Waals surface area contributed by atoms with Crippen LogP contribution in [0.2, 0.25) is 5.02 Å². The molecule has 0 saturated heterocycles. The van der Waals surface area contributed by atoms with Gasteiger partial charge in [-0.25, -0.2) is 9.79 Å². The fourth-order valence-electron chi connectivity index (χ4n) is 4.48. The molecule has 0 radical (unpaired) electrons. The Hall–Kier alpha value is -3.20. The van der Waals surface area contributed by atoms with Crippen molar-refractivity contribution in [1.29, 1.82) is 0 Å². The number of carbonyl (C=O) groups is 1. The summed E-state index contributed by atoms with van der Waals surface area (Å²) in [6, 6.07) is 10.5. The maximum atomic E-state index is 13.9. The second kappa shape index (κ2) is 11.7. The number of allylic oxidation sites excluding steroid dienone is 1. The van der Waals surface area contributed by atoms with Gasteiger partial charge in [0.25, 0.3) is 5.56 Å². The van der Waals surface area contributed by atoms with Gasteiger partial charge in [0.2, 0.25) is 0 Å². The minimum atomic E-state index is -0.705. The van der Waals surface area contributed by atoms with Crippen LogP contribution in [0.3, 0.4) is 0 Å². The van der Waals surface area contributed by atoms with Crippen molar-refractivity contribution in [2.45, 2.75) is 39.7 Å². The second-order valence-electron chi connectivity index (χ2n) is 9.37. The summed E-state index contributed by atoms with van der Waals surface area (Å²) >= 11 is 7.44. The number of rotatable bonds is 8. The van der Waals surface area contributed by atoms with Crippen molar-refractivity contribution in [3.05, 3.63) is 94.6 Å². The van der Waals surface area contributed by atoms with Gasteiger partial charge in [0.05, 0.1) is 35.6 Å². The largest absolute Gasteiger partial charge is 0.496 e. The summed E-state index contributed by atoms with van der Waals surface area (Å²) in [5, 5.41) is 0.557. The van der Waals surface area contributed by atoms with Crippen LogP contribution in [-0.2, 0) is 14.3 Å². The Morgan fingerprint density at radius 3 is 2.50 bits per heavy atom. The van der Waals surface area contributed by atoms with Crippen molar-refractivity contribution in [3.8, 4) is 5.75 Å². The van der Waals surface area contributed by atoms with E-state index in [0.717, 1.165) is 28.0 Å². The van der Waals surface area contributed by atoms with E-state index < -0.39 is 12.0 Å². The van der Waals surface area contributed by atoms with Gasteiger partial charge in [-0.15, -0.1) is 0 Å². The predicted octanol–water partition coefficient (Wildman–Crippen LogP) is 4.52. The Morgan fingerprint density at radius 1 is 1.16 bits per heavy atom. The van der Waals surface area contributed by atoms with Crippen molar-refractivity contribution in [2.24, 2.45) is 4.99 Å². The number of hydrogen-bond donors (Lipinski definition) is 0. The van der Waals surface area contributed by atoms with Gasteiger partial charge < -0.3 is 14.2 Å². The normalized spacial score (nSPS) is 15.5. The number of carbonyl (C=O) groups excluding carboxylic acids is 1. The molecular weight excluding hydrogens is 524 g/mol. The summed E-state index contributed by atoms with van der Waals surface area (Å²) in [4.78, 5) is 32.3. The van der Waals surface area contributed by atoms with Crippen molar-refractivity contribution in [2.75, 3.05) is 27.4 Å². The van der Waals surface area contributed by atoms with Gasteiger partial charge in [-0.2, -0.15) is 0 Å². The molecule has 1 atom stereocenters. The van der Waals surface area contributed by atoms with E-state index in [1.54, 1.807) is 30.7 Å². The molecule has 1 aromatic heterocycles. The van der Waals surface area contributed by atoms with Gasteiger partial charge in [0, 0.05) is 12.1 Å². The first kappa shape index (κ1) is 27.8. The summed E-state index contributed by atoms with van der Waals surface area (Å²) < 4.78 is 18.1. The molecule has 0 fully saturated rings. The number of methoxy groups -OCH3 is 2. The lowest BCUT2D eigenvalue weighted by Gasteiger charge is -2.24. The number of halogens is 1. The molecule has 1 unspecified atom stereocenters. The molecule has 0 amide bonds. The molecule has 0 spiro atoms. The average Bonchev–Trinajstić information content (AvgIpc) is 3.18. The number of benzene rings is 2. The number of esters is 1. The quantitative estimate of drug-likeness (QED) is 0.302. The third kappa shape index (κ3) is 5.48. The molecule has 9 heteroatoms. The Balaban J connectivity index is 1.90. The molecule has 0 aliphatic carbocycles. The predicted molar refractivity (Wildman–Crippen MR) is 150 cm³/mol. The van der Waals surface area contributed by atoms with Gasteiger partial charge in [-0.3, -0.25) is 9.36 Å². The molecule has 0 N–H and O–H groups in total. The van der Waals surface area contributed by atoms with Crippen LogP contribution >= 0.6 is 22.9 Å². The lowest BCUT2D eigenvalue weighted by molar-refractivity contribution is -0.140. The number of aromatic nitrogens is 1. The number of aryl methyl sites for hydroxylation is 1. The lowest BCUT2D eigenvalue weighted by atomic mass is 9.96. The van der Waals surface area contributed by atoms with Crippen molar-refractivity contribution in [3.63, 3.8) is 0 Å². The Morgan fingerprint density at radius 2 is 1.87 bits per heavy atom. The van der Waals surface area contributed by atoms with E-state index in [-0.39, 0.29) is 24.7 Å². The minimum Gasteiger partial charge on any atom is -0.496 e. The van der Waals surface area contributed by atoms with Crippen LogP contribution < -0.4 is 19.6 Å². The maximum Gasteiger partial charge on any atom is 0.338 e. The van der Waals surface area contributed by atoms with E-state index in [1.807, 2.05) is 31.2 Å². The molecule has 2 heterocycles. The first-order chi connectivity index (χ1) is 18.2. The van der Waals surface area contributed by atoms with Crippen molar-refractivity contribution < 1.29 is 19.0 Å². The summed E-state index contributed by atoms with van der Waals surface area (Å²) in [6.07, 6.45) is 1.89. The van der Waals surface area contributed by atoms with E-state index >= 15 is 0 Å². The lowest BCUT2D eigenvalue weighted by Crippen LogP contribution is -2.40. The monoisotopic (exact) mass is 554 g/mol. The summed E-state index contributed by atoms with van der Waals surface area (Å²) in [5.74, 6) is 0.536. The Bertz CT molecular complexity index is 1570. The number of fused-ring (bicyclic) bond motifs is 1. The van der Waals surface area contributed by atoms with Crippen LogP contribution in [0, 0.1) is 6.92 Å².